The number of rotatable bonds is 5. The van der Waals surface area contributed by atoms with Crippen LogP contribution in [0.5, 0.6) is 5.75 Å². The molecule has 1 aromatic heterocycles. The number of anilines is 1. The average molecular weight is 394 g/mol. The number of nitrogens with two attached hydrogens (primary N) is 1. The van der Waals surface area contributed by atoms with Gasteiger partial charge in [0.25, 0.3) is 5.91 Å². The van der Waals surface area contributed by atoms with Crippen LogP contribution in [0.15, 0.2) is 42.7 Å². The standard InChI is InChI=1S/C18H17F3N4O3/c1-11-16(26)25(14-2-4-15(5-3-14)28-18(19,20)21)17(27)24(11)10-12-6-7-23-9-13(12)8-22/h2-7,9,11H,8,10,22H2,1H3. The molecule has 148 valence electrons. The Bertz CT molecular complexity index is 886. The molecular weight excluding hydrogens is 377 g/mol. The van der Waals surface area contributed by atoms with Crippen LogP contribution < -0.4 is 15.4 Å². The number of benzene rings is 1. The molecule has 0 saturated carbocycles. The van der Waals surface area contributed by atoms with Gasteiger partial charge in [0, 0.05) is 25.5 Å². The molecule has 10 heteroatoms. The van der Waals surface area contributed by atoms with Gasteiger partial charge in [0.05, 0.1) is 5.69 Å². The van der Waals surface area contributed by atoms with Crippen molar-refractivity contribution in [1.29, 1.82) is 0 Å². The molecule has 0 spiro atoms. The molecule has 0 radical (unpaired) electrons. The lowest BCUT2D eigenvalue weighted by Gasteiger charge is -2.20. The molecule has 1 unspecified atom stereocenters. The molecule has 0 aliphatic carbocycles. The summed E-state index contributed by atoms with van der Waals surface area (Å²) < 4.78 is 40.6. The first kappa shape index (κ1) is 19.6. The van der Waals surface area contributed by atoms with E-state index in [4.69, 9.17) is 5.73 Å². The zero-order valence-corrected chi connectivity index (χ0v) is 14.8. The van der Waals surface area contributed by atoms with E-state index in [1.807, 2.05) is 0 Å². The maximum absolute atomic E-state index is 12.8. The van der Waals surface area contributed by atoms with Crippen LogP contribution in [-0.2, 0) is 17.9 Å². The Kier molecular flexibility index (Phi) is 5.23. The Morgan fingerprint density at radius 2 is 1.82 bits per heavy atom. The summed E-state index contributed by atoms with van der Waals surface area (Å²) in [6.45, 7) is 1.98. The fourth-order valence-corrected chi connectivity index (χ4v) is 2.93. The topological polar surface area (TPSA) is 88.8 Å². The van der Waals surface area contributed by atoms with Gasteiger partial charge < -0.3 is 15.4 Å². The third-order valence-corrected chi connectivity index (χ3v) is 4.38. The highest BCUT2D eigenvalue weighted by Crippen LogP contribution is 2.30. The summed E-state index contributed by atoms with van der Waals surface area (Å²) in [5.74, 6) is -0.914. The highest BCUT2D eigenvalue weighted by Gasteiger charge is 2.43. The molecule has 1 aliphatic rings. The number of carbonyl (C=O) groups excluding carboxylic acids is 2. The summed E-state index contributed by atoms with van der Waals surface area (Å²) in [5.41, 5.74) is 7.36. The molecule has 28 heavy (non-hydrogen) atoms. The van der Waals surface area contributed by atoms with Crippen molar-refractivity contribution < 1.29 is 27.5 Å². The van der Waals surface area contributed by atoms with Crippen molar-refractivity contribution in [2.45, 2.75) is 32.4 Å². The minimum Gasteiger partial charge on any atom is -0.406 e. The SMILES string of the molecule is CC1C(=O)N(c2ccc(OC(F)(F)F)cc2)C(=O)N1Cc1ccncc1CN. The summed E-state index contributed by atoms with van der Waals surface area (Å²) in [5, 5.41) is 0. The number of imide groups is 1. The summed E-state index contributed by atoms with van der Waals surface area (Å²) in [6.07, 6.45) is -1.66. The Balaban J connectivity index is 1.82. The number of pyridine rings is 1. The van der Waals surface area contributed by atoms with Crippen molar-refractivity contribution in [3.63, 3.8) is 0 Å². The summed E-state index contributed by atoms with van der Waals surface area (Å²) >= 11 is 0. The van der Waals surface area contributed by atoms with E-state index in [0.717, 1.165) is 28.2 Å². The Hall–Kier alpha value is -3.14. The number of nitrogens with zero attached hydrogens (tertiary/aromatic N) is 3. The van der Waals surface area contributed by atoms with E-state index in [-0.39, 0.29) is 18.8 Å². The van der Waals surface area contributed by atoms with Crippen LogP contribution in [0.3, 0.4) is 0 Å². The second kappa shape index (κ2) is 7.47. The lowest BCUT2D eigenvalue weighted by molar-refractivity contribution is -0.274. The van der Waals surface area contributed by atoms with Crippen molar-refractivity contribution in [3.05, 3.63) is 53.9 Å². The van der Waals surface area contributed by atoms with Crippen LogP contribution in [0.4, 0.5) is 23.7 Å². The van der Waals surface area contributed by atoms with Crippen molar-refractivity contribution in [2.24, 2.45) is 5.73 Å². The van der Waals surface area contributed by atoms with Crippen molar-refractivity contribution >= 4 is 17.6 Å². The fourth-order valence-electron chi connectivity index (χ4n) is 2.93. The number of aromatic nitrogens is 1. The fraction of sp³-hybridized carbons (Fsp3) is 0.278. The van der Waals surface area contributed by atoms with E-state index in [1.165, 1.54) is 17.0 Å². The van der Waals surface area contributed by atoms with E-state index in [1.54, 1.807) is 25.4 Å². The number of hydrogen-bond donors (Lipinski definition) is 1. The Morgan fingerprint density at radius 1 is 1.14 bits per heavy atom. The van der Waals surface area contributed by atoms with Crippen molar-refractivity contribution in [3.8, 4) is 5.75 Å². The van der Waals surface area contributed by atoms with E-state index in [9.17, 15) is 22.8 Å². The second-order valence-electron chi connectivity index (χ2n) is 6.15. The second-order valence-corrected chi connectivity index (χ2v) is 6.15. The van der Waals surface area contributed by atoms with Gasteiger partial charge in [0.2, 0.25) is 0 Å². The van der Waals surface area contributed by atoms with Crippen molar-refractivity contribution in [2.75, 3.05) is 4.90 Å². The van der Waals surface area contributed by atoms with Crippen LogP contribution >= 0.6 is 0 Å². The number of ether oxygens (including phenoxy) is 1. The lowest BCUT2D eigenvalue weighted by Crippen LogP contribution is -2.33. The summed E-state index contributed by atoms with van der Waals surface area (Å²) in [6, 6.07) is 4.96. The number of carbonyl (C=O) groups is 2. The molecule has 0 bridgehead atoms. The third kappa shape index (κ3) is 3.91. The molecule has 2 heterocycles. The smallest absolute Gasteiger partial charge is 0.406 e. The zero-order valence-electron chi connectivity index (χ0n) is 14.8. The molecule has 1 aliphatic heterocycles. The van der Waals surface area contributed by atoms with Gasteiger partial charge in [-0.1, -0.05) is 0 Å². The summed E-state index contributed by atoms with van der Waals surface area (Å²) in [4.78, 5) is 31.7. The largest absolute Gasteiger partial charge is 0.573 e. The van der Waals surface area contributed by atoms with Crippen LogP contribution in [0.25, 0.3) is 0 Å². The Labute approximate surface area is 158 Å². The van der Waals surface area contributed by atoms with Crippen LogP contribution in [0.1, 0.15) is 18.1 Å². The van der Waals surface area contributed by atoms with Gasteiger partial charge in [0.1, 0.15) is 11.8 Å². The van der Waals surface area contributed by atoms with Gasteiger partial charge in [-0.15, -0.1) is 13.2 Å². The predicted molar refractivity (Wildman–Crippen MR) is 93.1 cm³/mol. The monoisotopic (exact) mass is 394 g/mol. The minimum absolute atomic E-state index is 0.159. The minimum atomic E-state index is -4.82. The van der Waals surface area contributed by atoms with E-state index in [2.05, 4.69) is 9.72 Å². The van der Waals surface area contributed by atoms with E-state index < -0.39 is 30.1 Å². The highest BCUT2D eigenvalue weighted by molar-refractivity contribution is 6.21. The van der Waals surface area contributed by atoms with Gasteiger partial charge in [-0.05, 0) is 48.4 Å². The van der Waals surface area contributed by atoms with Crippen LogP contribution in [-0.4, -0.2) is 34.2 Å². The highest BCUT2D eigenvalue weighted by atomic mass is 19.4. The maximum atomic E-state index is 12.8. The third-order valence-electron chi connectivity index (χ3n) is 4.38. The van der Waals surface area contributed by atoms with Gasteiger partial charge in [0.15, 0.2) is 0 Å². The van der Waals surface area contributed by atoms with Gasteiger partial charge in [-0.25, -0.2) is 9.69 Å². The van der Waals surface area contributed by atoms with E-state index >= 15 is 0 Å². The molecule has 2 aromatic rings. The van der Waals surface area contributed by atoms with Gasteiger partial charge in [-0.2, -0.15) is 0 Å². The number of urea groups is 1. The maximum Gasteiger partial charge on any atom is 0.573 e. The number of amides is 3. The Morgan fingerprint density at radius 3 is 2.43 bits per heavy atom. The van der Waals surface area contributed by atoms with Crippen LogP contribution in [0, 0.1) is 0 Å². The molecule has 7 nitrogen and oxygen atoms in total. The number of hydrogen-bond acceptors (Lipinski definition) is 5. The normalized spacial score (nSPS) is 17.4. The van der Waals surface area contributed by atoms with E-state index in [0.29, 0.717) is 0 Å². The molecule has 2 N–H and O–H groups in total. The predicted octanol–water partition coefficient (Wildman–Crippen LogP) is 2.80. The van der Waals surface area contributed by atoms with Gasteiger partial charge in [-0.3, -0.25) is 9.78 Å². The first-order chi connectivity index (χ1) is 13.2. The molecule has 3 rings (SSSR count). The number of halogens is 3. The van der Waals surface area contributed by atoms with Gasteiger partial charge >= 0.3 is 12.4 Å². The lowest BCUT2D eigenvalue weighted by atomic mass is 10.1. The zero-order chi connectivity index (χ0) is 20.5. The van der Waals surface area contributed by atoms with Crippen LogP contribution in [0.2, 0.25) is 0 Å². The van der Waals surface area contributed by atoms with Crippen molar-refractivity contribution in [1.82, 2.24) is 9.88 Å². The number of alkyl halides is 3. The first-order valence-corrected chi connectivity index (χ1v) is 8.33. The molecular formula is C18H17F3N4O3. The first-order valence-electron chi connectivity index (χ1n) is 8.33. The summed E-state index contributed by atoms with van der Waals surface area (Å²) in [7, 11) is 0. The molecule has 1 fully saturated rings. The quantitative estimate of drug-likeness (QED) is 0.788. The molecule has 1 aromatic carbocycles. The molecule has 1 saturated heterocycles. The molecule has 3 amide bonds. The average Bonchev–Trinajstić information content (AvgIpc) is 2.85. The molecule has 1 atom stereocenters.